The molecule has 102 valence electrons. The van der Waals surface area contributed by atoms with Crippen LogP contribution in [-0.4, -0.2) is 9.78 Å². The summed E-state index contributed by atoms with van der Waals surface area (Å²) in [5.41, 5.74) is 8.98. The minimum absolute atomic E-state index is 0.114. The predicted octanol–water partition coefficient (Wildman–Crippen LogP) is 2.09. The highest BCUT2D eigenvalue weighted by Gasteiger charge is 2.17. The van der Waals surface area contributed by atoms with Gasteiger partial charge in [-0.25, -0.2) is 0 Å². The van der Waals surface area contributed by atoms with Crippen molar-refractivity contribution in [2.45, 2.75) is 33.2 Å². The SMILES string of the molecule is Cc1ccccc1C(Cc1c(C)nn(C)c1C)NN. The third-order valence-corrected chi connectivity index (χ3v) is 3.83. The van der Waals surface area contributed by atoms with Crippen molar-refractivity contribution in [3.05, 3.63) is 52.3 Å². The van der Waals surface area contributed by atoms with Gasteiger partial charge >= 0.3 is 0 Å². The number of nitrogens with one attached hydrogen (secondary N) is 1. The van der Waals surface area contributed by atoms with Crippen LogP contribution in [0.15, 0.2) is 24.3 Å². The van der Waals surface area contributed by atoms with E-state index in [1.807, 2.05) is 24.7 Å². The Labute approximate surface area is 114 Å². The Morgan fingerprint density at radius 3 is 2.47 bits per heavy atom. The maximum Gasteiger partial charge on any atom is 0.0629 e. The van der Waals surface area contributed by atoms with E-state index in [0.717, 1.165) is 12.1 Å². The summed E-state index contributed by atoms with van der Waals surface area (Å²) in [5.74, 6) is 5.75. The first kappa shape index (κ1) is 13.8. The molecular formula is C15H22N4. The van der Waals surface area contributed by atoms with E-state index in [-0.39, 0.29) is 6.04 Å². The Morgan fingerprint density at radius 2 is 1.95 bits per heavy atom. The molecule has 0 amide bonds. The molecular weight excluding hydrogens is 236 g/mol. The molecule has 0 bridgehead atoms. The second-order valence-corrected chi connectivity index (χ2v) is 5.05. The van der Waals surface area contributed by atoms with Crippen molar-refractivity contribution in [3.63, 3.8) is 0 Å². The third-order valence-electron chi connectivity index (χ3n) is 3.83. The molecule has 0 aliphatic heterocycles. The average Bonchev–Trinajstić information content (AvgIpc) is 2.63. The summed E-state index contributed by atoms with van der Waals surface area (Å²) >= 11 is 0. The lowest BCUT2D eigenvalue weighted by Crippen LogP contribution is -2.30. The number of hydrazine groups is 1. The molecule has 0 saturated heterocycles. The molecule has 0 fully saturated rings. The summed E-state index contributed by atoms with van der Waals surface area (Å²) in [6.45, 7) is 6.26. The third kappa shape index (κ3) is 2.69. The van der Waals surface area contributed by atoms with E-state index in [1.165, 1.54) is 22.4 Å². The summed E-state index contributed by atoms with van der Waals surface area (Å²) in [4.78, 5) is 0. The van der Waals surface area contributed by atoms with Crippen LogP contribution in [0.3, 0.4) is 0 Å². The maximum absolute atomic E-state index is 5.75. The number of aromatic nitrogens is 2. The molecule has 0 aliphatic carbocycles. The Balaban J connectivity index is 2.32. The van der Waals surface area contributed by atoms with Gasteiger partial charge in [0.25, 0.3) is 0 Å². The minimum Gasteiger partial charge on any atom is -0.272 e. The van der Waals surface area contributed by atoms with Crippen molar-refractivity contribution < 1.29 is 0 Å². The summed E-state index contributed by atoms with van der Waals surface area (Å²) in [6.07, 6.45) is 0.854. The monoisotopic (exact) mass is 258 g/mol. The zero-order chi connectivity index (χ0) is 14.0. The zero-order valence-electron chi connectivity index (χ0n) is 12.1. The van der Waals surface area contributed by atoms with Crippen LogP contribution < -0.4 is 11.3 Å². The number of benzene rings is 1. The van der Waals surface area contributed by atoms with Crippen molar-refractivity contribution in [2.24, 2.45) is 12.9 Å². The lowest BCUT2D eigenvalue weighted by atomic mass is 9.95. The van der Waals surface area contributed by atoms with Crippen molar-refractivity contribution in [1.29, 1.82) is 0 Å². The van der Waals surface area contributed by atoms with Crippen molar-refractivity contribution >= 4 is 0 Å². The molecule has 4 nitrogen and oxygen atoms in total. The topological polar surface area (TPSA) is 55.9 Å². The number of rotatable bonds is 4. The van der Waals surface area contributed by atoms with Crippen LogP contribution >= 0.6 is 0 Å². The molecule has 2 aromatic rings. The van der Waals surface area contributed by atoms with Gasteiger partial charge in [-0.15, -0.1) is 0 Å². The van der Waals surface area contributed by atoms with Crippen LogP contribution in [0.2, 0.25) is 0 Å². The van der Waals surface area contributed by atoms with E-state index in [2.05, 4.69) is 42.6 Å². The van der Waals surface area contributed by atoms with E-state index < -0.39 is 0 Å². The first-order chi connectivity index (χ1) is 9.04. The molecule has 0 aliphatic rings. The molecule has 2 rings (SSSR count). The summed E-state index contributed by atoms with van der Waals surface area (Å²) in [7, 11) is 1.98. The van der Waals surface area contributed by atoms with Gasteiger partial charge in [-0.3, -0.25) is 16.0 Å². The molecule has 1 aromatic carbocycles. The average molecular weight is 258 g/mol. The van der Waals surface area contributed by atoms with Crippen molar-refractivity contribution in [1.82, 2.24) is 15.2 Å². The van der Waals surface area contributed by atoms with E-state index in [9.17, 15) is 0 Å². The second-order valence-electron chi connectivity index (χ2n) is 5.05. The fourth-order valence-electron chi connectivity index (χ4n) is 2.55. The van der Waals surface area contributed by atoms with Gasteiger partial charge in [0, 0.05) is 12.7 Å². The number of aryl methyl sites for hydroxylation is 3. The molecule has 19 heavy (non-hydrogen) atoms. The summed E-state index contributed by atoms with van der Waals surface area (Å²) in [5, 5.41) is 4.46. The van der Waals surface area contributed by atoms with E-state index in [1.54, 1.807) is 0 Å². The van der Waals surface area contributed by atoms with Crippen LogP contribution in [0, 0.1) is 20.8 Å². The van der Waals surface area contributed by atoms with Gasteiger partial charge in [-0.1, -0.05) is 24.3 Å². The molecule has 4 heteroatoms. The fourth-order valence-corrected chi connectivity index (χ4v) is 2.55. The lowest BCUT2D eigenvalue weighted by Gasteiger charge is -2.18. The van der Waals surface area contributed by atoms with Gasteiger partial charge in [0.2, 0.25) is 0 Å². The molecule has 1 heterocycles. The highest BCUT2D eigenvalue weighted by molar-refractivity contribution is 5.32. The lowest BCUT2D eigenvalue weighted by molar-refractivity contribution is 0.547. The molecule has 0 spiro atoms. The first-order valence-corrected chi connectivity index (χ1v) is 6.55. The maximum atomic E-state index is 5.75. The Morgan fingerprint density at radius 1 is 1.26 bits per heavy atom. The van der Waals surface area contributed by atoms with Gasteiger partial charge in [0.1, 0.15) is 0 Å². The van der Waals surface area contributed by atoms with Crippen molar-refractivity contribution in [2.75, 3.05) is 0 Å². The van der Waals surface area contributed by atoms with Crippen LogP contribution in [0.4, 0.5) is 0 Å². The Bertz CT molecular complexity index is 572. The van der Waals surface area contributed by atoms with Gasteiger partial charge in [0.05, 0.1) is 11.7 Å². The fraction of sp³-hybridized carbons (Fsp3) is 0.400. The van der Waals surface area contributed by atoms with E-state index in [0.29, 0.717) is 0 Å². The van der Waals surface area contributed by atoms with Gasteiger partial charge in [-0.2, -0.15) is 5.10 Å². The van der Waals surface area contributed by atoms with Crippen LogP contribution in [0.1, 0.15) is 34.1 Å². The minimum atomic E-state index is 0.114. The van der Waals surface area contributed by atoms with Crippen molar-refractivity contribution in [3.8, 4) is 0 Å². The number of hydrogen-bond donors (Lipinski definition) is 2. The summed E-state index contributed by atoms with van der Waals surface area (Å²) < 4.78 is 1.93. The molecule has 1 aromatic heterocycles. The molecule has 1 atom stereocenters. The normalized spacial score (nSPS) is 12.7. The second kappa shape index (κ2) is 5.55. The highest BCUT2D eigenvalue weighted by atomic mass is 15.3. The van der Waals surface area contributed by atoms with Crippen LogP contribution in [0.25, 0.3) is 0 Å². The van der Waals surface area contributed by atoms with E-state index in [4.69, 9.17) is 5.84 Å². The molecule has 0 saturated carbocycles. The highest BCUT2D eigenvalue weighted by Crippen LogP contribution is 2.24. The molecule has 3 N–H and O–H groups in total. The molecule has 0 radical (unpaired) electrons. The standard InChI is InChI=1S/C15H22N4/c1-10-7-5-6-8-13(10)15(17-16)9-14-11(2)18-19(4)12(14)3/h5-8,15,17H,9,16H2,1-4H3. The predicted molar refractivity (Wildman–Crippen MR) is 77.6 cm³/mol. The molecule has 1 unspecified atom stereocenters. The number of nitrogens with two attached hydrogens (primary N) is 1. The smallest absolute Gasteiger partial charge is 0.0629 e. The van der Waals surface area contributed by atoms with Gasteiger partial charge < -0.3 is 0 Å². The number of hydrogen-bond acceptors (Lipinski definition) is 3. The van der Waals surface area contributed by atoms with Gasteiger partial charge in [0.15, 0.2) is 0 Å². The number of nitrogens with zero attached hydrogens (tertiary/aromatic N) is 2. The zero-order valence-corrected chi connectivity index (χ0v) is 12.1. The van der Waals surface area contributed by atoms with Crippen LogP contribution in [-0.2, 0) is 13.5 Å². The van der Waals surface area contributed by atoms with E-state index >= 15 is 0 Å². The Kier molecular flexibility index (Phi) is 4.02. The largest absolute Gasteiger partial charge is 0.272 e. The first-order valence-electron chi connectivity index (χ1n) is 6.55. The summed E-state index contributed by atoms with van der Waals surface area (Å²) in [6, 6.07) is 8.45. The quantitative estimate of drug-likeness (QED) is 0.652. The van der Waals surface area contributed by atoms with Gasteiger partial charge in [-0.05, 0) is 43.9 Å². The van der Waals surface area contributed by atoms with Crippen LogP contribution in [0.5, 0.6) is 0 Å². The Hall–Kier alpha value is -1.65.